The number of rotatable bonds is 14. The maximum absolute atomic E-state index is 13.5. The van der Waals surface area contributed by atoms with Crippen LogP contribution >= 0.6 is 0 Å². The van der Waals surface area contributed by atoms with Gasteiger partial charge in [-0.25, -0.2) is 24.7 Å². The number of nitrogens with one attached hydrogen (secondary N) is 2. The van der Waals surface area contributed by atoms with Crippen molar-refractivity contribution in [2.24, 2.45) is 0 Å². The van der Waals surface area contributed by atoms with Crippen molar-refractivity contribution in [3.8, 4) is 0 Å². The fraction of sp³-hybridized carbons (Fsp3) is 0.170. The second-order valence-electron chi connectivity index (χ2n) is 13.9. The van der Waals surface area contributed by atoms with Crippen molar-refractivity contribution < 1.29 is 19.2 Å². The summed E-state index contributed by atoms with van der Waals surface area (Å²) in [7, 11) is 0. The van der Waals surface area contributed by atoms with Gasteiger partial charge in [-0.15, -0.1) is 9.46 Å². The van der Waals surface area contributed by atoms with Crippen LogP contribution in [0.3, 0.4) is 0 Å². The van der Waals surface area contributed by atoms with Crippen LogP contribution < -0.4 is 31.4 Å². The number of carbonyl (C=O) groups is 1. The molecule has 0 saturated heterocycles. The van der Waals surface area contributed by atoms with Gasteiger partial charge < -0.3 is 25.0 Å². The summed E-state index contributed by atoms with van der Waals surface area (Å²) in [6, 6.07) is 40.2. The maximum Gasteiger partial charge on any atom is 0.346 e. The molecule has 0 aliphatic heterocycles. The number of benzene rings is 4. The number of anilines is 2. The molecule has 0 aliphatic rings. The van der Waals surface area contributed by atoms with Crippen LogP contribution in [0.2, 0.25) is 0 Å². The second-order valence-corrected chi connectivity index (χ2v) is 13.9. The monoisotopic (exact) mass is 816 g/mol. The average Bonchev–Trinajstić information content (AvgIpc) is 3.30. The zero-order valence-corrected chi connectivity index (χ0v) is 33.8. The third-order valence-electron chi connectivity index (χ3n) is 9.66. The molecular weight excluding hydrogens is 773 g/mol. The highest BCUT2D eigenvalue weighted by atomic mass is 16.7. The molecule has 61 heavy (non-hydrogen) atoms. The summed E-state index contributed by atoms with van der Waals surface area (Å²) in [4.78, 5) is 67.5. The van der Waals surface area contributed by atoms with Gasteiger partial charge in [0.1, 0.15) is 25.9 Å². The van der Waals surface area contributed by atoms with E-state index in [9.17, 15) is 14.4 Å². The molecule has 4 aromatic carbocycles. The van der Waals surface area contributed by atoms with E-state index in [1.807, 2.05) is 135 Å². The lowest BCUT2D eigenvalue weighted by Gasteiger charge is -2.21. The van der Waals surface area contributed by atoms with Gasteiger partial charge in [0.2, 0.25) is 0 Å². The van der Waals surface area contributed by atoms with Crippen molar-refractivity contribution in [1.29, 1.82) is 0 Å². The Balaban J connectivity index is 0.000000186. The molecule has 14 nitrogen and oxygen atoms in total. The molecule has 4 heterocycles. The number of pyridine rings is 2. The van der Waals surface area contributed by atoms with Crippen LogP contribution in [0.4, 0.5) is 11.4 Å². The van der Waals surface area contributed by atoms with Crippen molar-refractivity contribution in [3.63, 3.8) is 0 Å². The first-order chi connectivity index (χ1) is 29.8. The quantitative estimate of drug-likeness (QED) is 0.105. The van der Waals surface area contributed by atoms with Gasteiger partial charge in [0.25, 0.3) is 5.56 Å². The molecule has 2 atom stereocenters. The SMILES string of the molecule is CC(Nc1cc(=O)n(OCc2ccccc2)c2ncncc12)c1ccccc1.CCOC(=O)c1c(NC(C)c2ccccc2)c2cncnc2n(OCc2ccccc2)c1=O. The van der Waals surface area contributed by atoms with E-state index in [1.165, 1.54) is 23.5 Å². The zero-order chi connectivity index (χ0) is 42.6. The van der Waals surface area contributed by atoms with Crippen LogP contribution in [0.15, 0.2) is 162 Å². The molecule has 2 N–H and O–H groups in total. The smallest absolute Gasteiger partial charge is 0.346 e. The molecule has 0 aliphatic carbocycles. The van der Waals surface area contributed by atoms with E-state index in [-0.39, 0.29) is 48.7 Å². The highest BCUT2D eigenvalue weighted by molar-refractivity contribution is 6.04. The van der Waals surface area contributed by atoms with Crippen LogP contribution in [0.5, 0.6) is 0 Å². The van der Waals surface area contributed by atoms with Gasteiger partial charge in [-0.3, -0.25) is 9.59 Å². The van der Waals surface area contributed by atoms with Gasteiger partial charge in [-0.1, -0.05) is 121 Å². The zero-order valence-electron chi connectivity index (χ0n) is 33.8. The number of ether oxygens (including phenoxy) is 1. The summed E-state index contributed by atoms with van der Waals surface area (Å²) in [6.07, 6.45) is 5.98. The van der Waals surface area contributed by atoms with Gasteiger partial charge in [-0.2, -0.15) is 0 Å². The Labute approximate surface area is 351 Å². The molecule has 0 saturated carbocycles. The van der Waals surface area contributed by atoms with E-state index in [2.05, 4.69) is 30.6 Å². The Kier molecular flexibility index (Phi) is 13.4. The lowest BCUT2D eigenvalue weighted by Crippen LogP contribution is -2.34. The predicted octanol–water partition coefficient (Wildman–Crippen LogP) is 7.36. The second kappa shape index (κ2) is 19.7. The van der Waals surface area contributed by atoms with Crippen molar-refractivity contribution in [1.82, 2.24) is 29.4 Å². The Morgan fingerprint density at radius 2 is 1.11 bits per heavy atom. The fourth-order valence-electron chi connectivity index (χ4n) is 6.57. The highest BCUT2D eigenvalue weighted by Gasteiger charge is 2.26. The third-order valence-corrected chi connectivity index (χ3v) is 9.66. The van der Waals surface area contributed by atoms with Gasteiger partial charge in [0.05, 0.1) is 28.8 Å². The Morgan fingerprint density at radius 3 is 1.66 bits per heavy atom. The molecule has 0 spiro atoms. The largest absolute Gasteiger partial charge is 0.462 e. The molecule has 8 aromatic rings. The van der Waals surface area contributed by atoms with Crippen molar-refractivity contribution in [3.05, 3.63) is 201 Å². The van der Waals surface area contributed by atoms with Crippen LogP contribution in [-0.2, 0) is 18.0 Å². The molecule has 4 aromatic heterocycles. The number of carbonyl (C=O) groups excluding carboxylic acids is 1. The maximum atomic E-state index is 13.5. The van der Waals surface area contributed by atoms with Crippen LogP contribution in [0, 0.1) is 0 Å². The van der Waals surface area contributed by atoms with Crippen molar-refractivity contribution >= 4 is 39.4 Å². The summed E-state index contributed by atoms with van der Waals surface area (Å²) in [6.45, 7) is 6.19. The van der Waals surface area contributed by atoms with Gasteiger partial charge in [-0.05, 0) is 43.0 Å². The Hall–Kier alpha value is -7.87. The van der Waals surface area contributed by atoms with E-state index >= 15 is 0 Å². The first kappa shape index (κ1) is 41.3. The van der Waals surface area contributed by atoms with E-state index < -0.39 is 11.5 Å². The third kappa shape index (κ3) is 9.88. The van der Waals surface area contributed by atoms with Crippen LogP contribution in [-0.4, -0.2) is 42.0 Å². The first-order valence-corrected chi connectivity index (χ1v) is 19.7. The van der Waals surface area contributed by atoms with E-state index in [4.69, 9.17) is 14.4 Å². The highest BCUT2D eigenvalue weighted by Crippen LogP contribution is 2.29. The minimum atomic E-state index is -0.743. The number of esters is 1. The lowest BCUT2D eigenvalue weighted by atomic mass is 10.1. The Morgan fingerprint density at radius 1 is 0.639 bits per heavy atom. The molecule has 0 amide bonds. The van der Waals surface area contributed by atoms with Gasteiger partial charge in [0.15, 0.2) is 16.9 Å². The van der Waals surface area contributed by atoms with E-state index in [0.29, 0.717) is 22.4 Å². The topological polar surface area (TPSA) is 164 Å². The van der Waals surface area contributed by atoms with Crippen molar-refractivity contribution in [2.45, 2.75) is 46.1 Å². The molecule has 0 fully saturated rings. The molecule has 8 rings (SSSR count). The van der Waals surface area contributed by atoms with E-state index in [1.54, 1.807) is 19.3 Å². The van der Waals surface area contributed by atoms with Crippen LogP contribution in [0.25, 0.3) is 22.1 Å². The number of aromatic nitrogens is 6. The molecular formula is C47H44N8O6. The summed E-state index contributed by atoms with van der Waals surface area (Å²) in [5.74, 6) is -0.743. The summed E-state index contributed by atoms with van der Waals surface area (Å²) >= 11 is 0. The minimum Gasteiger partial charge on any atom is -0.462 e. The number of fused-ring (bicyclic) bond motifs is 2. The molecule has 2 unspecified atom stereocenters. The summed E-state index contributed by atoms with van der Waals surface area (Å²) in [5.41, 5.74) is 4.52. The number of hydrogen-bond donors (Lipinski definition) is 2. The summed E-state index contributed by atoms with van der Waals surface area (Å²) < 4.78 is 7.48. The number of hydrogen-bond acceptors (Lipinski definition) is 12. The minimum absolute atomic E-state index is 0.0186. The fourth-order valence-corrected chi connectivity index (χ4v) is 6.57. The number of nitrogens with zero attached hydrogens (tertiary/aromatic N) is 6. The predicted molar refractivity (Wildman–Crippen MR) is 234 cm³/mol. The lowest BCUT2D eigenvalue weighted by molar-refractivity contribution is 0.0513. The Bertz CT molecular complexity index is 2820. The normalized spacial score (nSPS) is 11.8. The average molecular weight is 817 g/mol. The van der Waals surface area contributed by atoms with Crippen LogP contribution in [0.1, 0.15) is 65.5 Å². The summed E-state index contributed by atoms with van der Waals surface area (Å²) in [5, 5.41) is 7.88. The standard InChI is InChI=1S/C25H24N4O4.C22H20N4O2/c1-3-32-25(31)21-22(28-17(2)19-12-8-5-9-13-19)20-14-26-16-27-23(20)29(24(21)30)33-15-18-10-6-4-7-11-18;1-16(18-10-6-3-7-11-18)25-20-12-21(27)26(22-19(20)13-23-15-24-22)28-14-17-8-4-2-5-9-17/h4-14,16-17,28H,3,15H2,1-2H3;2-13,15-16,25H,14H2,1H3. The van der Waals surface area contributed by atoms with Gasteiger partial charge in [0, 0.05) is 30.5 Å². The van der Waals surface area contributed by atoms with E-state index in [0.717, 1.165) is 32.4 Å². The van der Waals surface area contributed by atoms with Crippen molar-refractivity contribution in [2.75, 3.05) is 17.2 Å². The molecule has 0 radical (unpaired) electrons. The van der Waals surface area contributed by atoms with Gasteiger partial charge >= 0.3 is 11.5 Å². The molecule has 14 heteroatoms. The molecule has 308 valence electrons. The molecule has 0 bridgehead atoms. The first-order valence-electron chi connectivity index (χ1n) is 19.7.